The Balaban J connectivity index is 1.64. The van der Waals surface area contributed by atoms with Crippen molar-refractivity contribution in [3.05, 3.63) is 59.4 Å². The predicted molar refractivity (Wildman–Crippen MR) is 104 cm³/mol. The van der Waals surface area contributed by atoms with Gasteiger partial charge in [0.05, 0.1) is 11.6 Å². The maximum Gasteiger partial charge on any atom is 0.315 e. The van der Waals surface area contributed by atoms with Crippen molar-refractivity contribution in [3.8, 4) is 5.75 Å². The number of ether oxygens (including phenoxy) is 1. The van der Waals surface area contributed by atoms with Crippen LogP contribution in [0.3, 0.4) is 0 Å². The van der Waals surface area contributed by atoms with Gasteiger partial charge in [-0.05, 0) is 44.0 Å². The van der Waals surface area contributed by atoms with Crippen LogP contribution in [0.2, 0.25) is 0 Å². The van der Waals surface area contributed by atoms with E-state index in [1.165, 1.54) is 6.20 Å². The van der Waals surface area contributed by atoms with Crippen molar-refractivity contribution in [2.75, 3.05) is 19.7 Å². The molecule has 1 heterocycles. The number of hydrogen-bond acceptors (Lipinski definition) is 4. The summed E-state index contributed by atoms with van der Waals surface area (Å²) in [5.41, 5.74) is 2.62. The number of nitrogens with one attached hydrogen (secondary N) is 3. The second-order valence-corrected chi connectivity index (χ2v) is 6.33. The van der Waals surface area contributed by atoms with Crippen LogP contribution in [-0.4, -0.2) is 42.7 Å². The molecule has 7 nitrogen and oxygen atoms in total. The number of amides is 3. The highest BCUT2D eigenvalue weighted by Crippen LogP contribution is 2.22. The molecule has 2 rings (SSSR count). The van der Waals surface area contributed by atoms with Crippen LogP contribution in [0.1, 0.15) is 28.4 Å². The number of benzene rings is 1. The molecule has 3 amide bonds. The fourth-order valence-corrected chi connectivity index (χ4v) is 2.50. The summed E-state index contributed by atoms with van der Waals surface area (Å²) in [5.74, 6) is 0.630. The molecule has 0 saturated heterocycles. The maximum absolute atomic E-state index is 11.9. The van der Waals surface area contributed by atoms with Crippen molar-refractivity contribution in [2.45, 2.75) is 26.8 Å². The van der Waals surface area contributed by atoms with Gasteiger partial charge in [-0.3, -0.25) is 9.78 Å². The van der Waals surface area contributed by atoms with E-state index in [1.807, 2.05) is 39.0 Å². The molecule has 0 aliphatic heterocycles. The van der Waals surface area contributed by atoms with Crippen molar-refractivity contribution in [1.29, 1.82) is 0 Å². The Morgan fingerprint density at radius 3 is 2.44 bits per heavy atom. The van der Waals surface area contributed by atoms with Crippen LogP contribution in [0.4, 0.5) is 4.79 Å². The third-order valence-electron chi connectivity index (χ3n) is 3.88. The molecule has 0 bridgehead atoms. The van der Waals surface area contributed by atoms with Gasteiger partial charge in [0.1, 0.15) is 12.4 Å². The van der Waals surface area contributed by atoms with Crippen LogP contribution < -0.4 is 20.7 Å². The monoisotopic (exact) mass is 370 g/mol. The standard InChI is InChI=1S/C20H26N4O3/c1-14-6-4-7-15(2)18(14)27-13-16(3)24-20(26)23-11-10-22-19(25)17-8-5-9-21-12-17/h4-9,12,16H,10-11,13H2,1-3H3,(H,22,25)(H2,23,24,26). The highest BCUT2D eigenvalue weighted by atomic mass is 16.5. The Labute approximate surface area is 159 Å². The van der Waals surface area contributed by atoms with Gasteiger partial charge in [-0.25, -0.2) is 4.79 Å². The van der Waals surface area contributed by atoms with Gasteiger partial charge in [0, 0.05) is 25.5 Å². The van der Waals surface area contributed by atoms with Gasteiger partial charge < -0.3 is 20.7 Å². The van der Waals surface area contributed by atoms with Gasteiger partial charge in [-0.2, -0.15) is 0 Å². The van der Waals surface area contributed by atoms with Gasteiger partial charge in [-0.15, -0.1) is 0 Å². The van der Waals surface area contributed by atoms with Crippen molar-refractivity contribution >= 4 is 11.9 Å². The van der Waals surface area contributed by atoms with Gasteiger partial charge in [-0.1, -0.05) is 18.2 Å². The molecule has 27 heavy (non-hydrogen) atoms. The summed E-state index contributed by atoms with van der Waals surface area (Å²) < 4.78 is 5.83. The van der Waals surface area contributed by atoms with Crippen molar-refractivity contribution < 1.29 is 14.3 Å². The average Bonchev–Trinajstić information content (AvgIpc) is 2.65. The molecule has 0 spiro atoms. The Bertz CT molecular complexity index is 745. The lowest BCUT2D eigenvalue weighted by Gasteiger charge is -2.18. The zero-order valence-electron chi connectivity index (χ0n) is 15.9. The van der Waals surface area contributed by atoms with Crippen LogP contribution >= 0.6 is 0 Å². The van der Waals surface area contributed by atoms with Crippen molar-refractivity contribution in [1.82, 2.24) is 20.9 Å². The normalized spacial score (nSPS) is 11.4. The zero-order chi connectivity index (χ0) is 19.6. The van der Waals surface area contributed by atoms with Crippen molar-refractivity contribution in [2.24, 2.45) is 0 Å². The molecule has 2 aromatic rings. The first kappa shape index (κ1) is 20.2. The molecule has 144 valence electrons. The number of urea groups is 1. The molecule has 1 unspecified atom stereocenters. The number of carbonyl (C=O) groups is 2. The van der Waals surface area contributed by atoms with Gasteiger partial charge in [0.2, 0.25) is 0 Å². The topological polar surface area (TPSA) is 92.4 Å². The summed E-state index contributed by atoms with van der Waals surface area (Å²) in [4.78, 5) is 27.7. The Morgan fingerprint density at radius 1 is 1.07 bits per heavy atom. The number of para-hydroxylation sites is 1. The van der Waals surface area contributed by atoms with Crippen LogP contribution in [-0.2, 0) is 0 Å². The zero-order valence-corrected chi connectivity index (χ0v) is 15.9. The minimum absolute atomic E-state index is 0.158. The molecule has 0 radical (unpaired) electrons. The number of carbonyl (C=O) groups excluding carboxylic acids is 2. The fraction of sp³-hybridized carbons (Fsp3) is 0.350. The van der Waals surface area contributed by atoms with E-state index >= 15 is 0 Å². The quantitative estimate of drug-likeness (QED) is 0.621. The molecule has 0 fully saturated rings. The number of rotatable bonds is 8. The first-order chi connectivity index (χ1) is 13.0. The van der Waals surface area contributed by atoms with Gasteiger partial charge in [0.15, 0.2) is 0 Å². The predicted octanol–water partition coefficient (Wildman–Crippen LogP) is 2.19. The van der Waals surface area contributed by atoms with Crippen molar-refractivity contribution in [3.63, 3.8) is 0 Å². The number of nitrogens with zero attached hydrogens (tertiary/aromatic N) is 1. The first-order valence-electron chi connectivity index (χ1n) is 8.89. The van der Waals surface area contributed by atoms with E-state index < -0.39 is 0 Å². The SMILES string of the molecule is Cc1cccc(C)c1OCC(C)NC(=O)NCCNC(=O)c1cccnc1. The van der Waals surface area contributed by atoms with E-state index in [0.717, 1.165) is 16.9 Å². The van der Waals surface area contributed by atoms with E-state index in [4.69, 9.17) is 4.74 Å². The number of aromatic nitrogens is 1. The number of aryl methyl sites for hydroxylation is 2. The third-order valence-corrected chi connectivity index (χ3v) is 3.88. The van der Waals surface area contributed by atoms with E-state index in [2.05, 4.69) is 20.9 Å². The molecule has 0 saturated carbocycles. The van der Waals surface area contributed by atoms with Crippen LogP contribution in [0.25, 0.3) is 0 Å². The summed E-state index contributed by atoms with van der Waals surface area (Å²) in [5, 5.41) is 8.24. The third kappa shape index (κ3) is 6.62. The smallest absolute Gasteiger partial charge is 0.315 e. The number of hydrogen-bond donors (Lipinski definition) is 3. The van der Waals surface area contributed by atoms with Crippen LogP contribution in [0, 0.1) is 13.8 Å². The molecule has 1 aromatic carbocycles. The lowest BCUT2D eigenvalue weighted by molar-refractivity contribution is 0.0953. The van der Waals surface area contributed by atoms with Crippen LogP contribution in [0.15, 0.2) is 42.7 Å². The minimum atomic E-state index is -0.303. The second kappa shape index (κ2) is 10.2. The van der Waals surface area contributed by atoms with Gasteiger partial charge in [0.25, 0.3) is 5.91 Å². The van der Waals surface area contributed by atoms with E-state index in [-0.39, 0.29) is 18.0 Å². The molecule has 1 atom stereocenters. The highest BCUT2D eigenvalue weighted by Gasteiger charge is 2.10. The summed E-state index contributed by atoms with van der Waals surface area (Å²) in [6, 6.07) is 8.89. The molecule has 0 aliphatic rings. The molecule has 0 aliphatic carbocycles. The van der Waals surface area contributed by atoms with E-state index in [9.17, 15) is 9.59 Å². The van der Waals surface area contributed by atoms with E-state index in [0.29, 0.717) is 25.3 Å². The number of pyridine rings is 1. The Kier molecular flexibility index (Phi) is 7.61. The summed E-state index contributed by atoms with van der Waals surface area (Å²) in [6.45, 7) is 6.88. The first-order valence-corrected chi connectivity index (χ1v) is 8.89. The largest absolute Gasteiger partial charge is 0.491 e. The summed E-state index contributed by atoms with van der Waals surface area (Å²) >= 11 is 0. The van der Waals surface area contributed by atoms with E-state index in [1.54, 1.807) is 18.3 Å². The lowest BCUT2D eigenvalue weighted by Crippen LogP contribution is -2.45. The van der Waals surface area contributed by atoms with Crippen LogP contribution in [0.5, 0.6) is 5.75 Å². The molecule has 7 heteroatoms. The maximum atomic E-state index is 11.9. The Hall–Kier alpha value is -3.09. The average molecular weight is 370 g/mol. The summed E-state index contributed by atoms with van der Waals surface area (Å²) in [6.07, 6.45) is 3.10. The lowest BCUT2D eigenvalue weighted by atomic mass is 10.1. The van der Waals surface area contributed by atoms with Gasteiger partial charge >= 0.3 is 6.03 Å². The fourth-order valence-electron chi connectivity index (χ4n) is 2.50. The minimum Gasteiger partial charge on any atom is -0.491 e. The second-order valence-electron chi connectivity index (χ2n) is 6.33. The highest BCUT2D eigenvalue weighted by molar-refractivity contribution is 5.93. The Morgan fingerprint density at radius 2 is 1.78 bits per heavy atom. The molecule has 3 N–H and O–H groups in total. The molecule has 1 aromatic heterocycles. The summed E-state index contributed by atoms with van der Waals surface area (Å²) in [7, 11) is 0. The molecular formula is C20H26N4O3. The molecular weight excluding hydrogens is 344 g/mol.